The standard InChI is InChI=1S/C9H18O5S/c1-8(5-6-11-14-15-4)12-13-9(2)7-10-3/h9H,1,5-7H2,2-4H3. The number of hydrogen-bond acceptors (Lipinski definition) is 6. The van der Waals surface area contributed by atoms with Crippen molar-refractivity contribution in [3.63, 3.8) is 0 Å². The normalized spacial score (nSPS) is 12.5. The summed E-state index contributed by atoms with van der Waals surface area (Å²) >= 11 is 1.14. The fourth-order valence-electron chi connectivity index (χ4n) is 0.692. The average Bonchev–Trinajstić information content (AvgIpc) is 2.22. The monoisotopic (exact) mass is 238 g/mol. The van der Waals surface area contributed by atoms with Crippen LogP contribution in [0.2, 0.25) is 0 Å². The van der Waals surface area contributed by atoms with E-state index in [1.807, 2.05) is 6.92 Å². The van der Waals surface area contributed by atoms with E-state index in [2.05, 4.69) is 10.9 Å². The van der Waals surface area contributed by atoms with Gasteiger partial charge >= 0.3 is 0 Å². The van der Waals surface area contributed by atoms with E-state index in [0.29, 0.717) is 25.4 Å². The van der Waals surface area contributed by atoms with Crippen molar-refractivity contribution in [2.45, 2.75) is 19.4 Å². The lowest BCUT2D eigenvalue weighted by atomic mass is 10.4. The molecule has 90 valence electrons. The third-order valence-corrected chi connectivity index (χ3v) is 1.54. The maximum absolute atomic E-state index is 4.98. The lowest BCUT2D eigenvalue weighted by Gasteiger charge is -2.12. The molecular weight excluding hydrogens is 220 g/mol. The van der Waals surface area contributed by atoms with Crippen molar-refractivity contribution in [1.82, 2.24) is 0 Å². The van der Waals surface area contributed by atoms with Crippen molar-refractivity contribution in [3.8, 4) is 0 Å². The minimum atomic E-state index is -0.130. The first-order chi connectivity index (χ1) is 7.20. The van der Waals surface area contributed by atoms with Gasteiger partial charge in [-0.05, 0) is 6.92 Å². The molecule has 0 rings (SSSR count). The Kier molecular flexibility index (Phi) is 10.1. The summed E-state index contributed by atoms with van der Waals surface area (Å²) in [6, 6.07) is 0. The van der Waals surface area contributed by atoms with Crippen molar-refractivity contribution in [2.75, 3.05) is 26.6 Å². The van der Waals surface area contributed by atoms with Gasteiger partial charge in [-0.2, -0.15) is 9.22 Å². The highest BCUT2D eigenvalue weighted by atomic mass is 32.2. The van der Waals surface area contributed by atoms with Gasteiger partial charge in [0.05, 0.1) is 13.2 Å². The van der Waals surface area contributed by atoms with Crippen LogP contribution in [0, 0.1) is 0 Å². The Morgan fingerprint density at radius 1 is 1.47 bits per heavy atom. The van der Waals surface area contributed by atoms with Crippen LogP contribution in [0.5, 0.6) is 0 Å². The molecule has 0 amide bonds. The molecule has 1 unspecified atom stereocenters. The van der Waals surface area contributed by atoms with Crippen LogP contribution in [0.3, 0.4) is 0 Å². The Hall–Kier alpha value is -0.270. The Morgan fingerprint density at radius 3 is 2.80 bits per heavy atom. The van der Waals surface area contributed by atoms with Crippen molar-refractivity contribution in [2.24, 2.45) is 0 Å². The molecule has 0 aliphatic rings. The van der Waals surface area contributed by atoms with Gasteiger partial charge < -0.3 is 9.62 Å². The first-order valence-corrected chi connectivity index (χ1v) is 5.68. The van der Waals surface area contributed by atoms with E-state index in [1.165, 1.54) is 0 Å². The molecule has 0 aliphatic heterocycles. The van der Waals surface area contributed by atoms with Gasteiger partial charge in [0.2, 0.25) is 0 Å². The van der Waals surface area contributed by atoms with E-state index in [-0.39, 0.29) is 6.10 Å². The van der Waals surface area contributed by atoms with Gasteiger partial charge in [-0.25, -0.2) is 4.89 Å². The van der Waals surface area contributed by atoms with E-state index in [0.717, 1.165) is 12.0 Å². The summed E-state index contributed by atoms with van der Waals surface area (Å²) in [6.45, 7) is 6.34. The Morgan fingerprint density at radius 2 is 2.20 bits per heavy atom. The molecular formula is C9H18O5S. The first kappa shape index (κ1) is 14.7. The summed E-state index contributed by atoms with van der Waals surface area (Å²) < 4.78 is 9.47. The molecule has 0 aromatic rings. The fourth-order valence-corrected chi connectivity index (χ4v) is 0.856. The quantitative estimate of drug-likeness (QED) is 0.191. The Balaban J connectivity index is 3.32. The highest BCUT2D eigenvalue weighted by Gasteiger charge is 2.04. The minimum absolute atomic E-state index is 0.130. The first-order valence-electron chi connectivity index (χ1n) is 4.53. The van der Waals surface area contributed by atoms with E-state index >= 15 is 0 Å². The Bertz CT molecular complexity index is 165. The van der Waals surface area contributed by atoms with Gasteiger partial charge in [-0.3, -0.25) is 0 Å². The molecule has 0 aliphatic carbocycles. The van der Waals surface area contributed by atoms with E-state index in [1.54, 1.807) is 13.4 Å². The van der Waals surface area contributed by atoms with Crippen LogP contribution in [0.4, 0.5) is 0 Å². The second-order valence-electron chi connectivity index (χ2n) is 2.79. The third-order valence-electron chi connectivity index (χ3n) is 1.31. The second-order valence-corrected chi connectivity index (χ2v) is 3.26. The van der Waals surface area contributed by atoms with Crippen molar-refractivity contribution >= 4 is 12.0 Å². The molecule has 6 heteroatoms. The van der Waals surface area contributed by atoms with Crippen LogP contribution < -0.4 is 0 Å². The summed E-state index contributed by atoms with van der Waals surface area (Å²) in [5.74, 6) is 0.489. The number of hydrogen-bond donors (Lipinski definition) is 0. The van der Waals surface area contributed by atoms with Crippen LogP contribution in [0.15, 0.2) is 12.3 Å². The van der Waals surface area contributed by atoms with Gasteiger partial charge in [-0.1, -0.05) is 6.58 Å². The number of ether oxygens (including phenoxy) is 1. The fraction of sp³-hybridized carbons (Fsp3) is 0.778. The van der Waals surface area contributed by atoms with Crippen LogP contribution >= 0.6 is 12.0 Å². The van der Waals surface area contributed by atoms with Crippen molar-refractivity contribution in [3.05, 3.63) is 12.3 Å². The Labute approximate surface area is 94.7 Å². The van der Waals surface area contributed by atoms with Crippen molar-refractivity contribution < 1.29 is 23.7 Å². The topological polar surface area (TPSA) is 46.2 Å². The number of rotatable bonds is 10. The van der Waals surface area contributed by atoms with E-state index < -0.39 is 0 Å². The molecule has 0 saturated heterocycles. The van der Waals surface area contributed by atoms with E-state index in [9.17, 15) is 0 Å². The molecule has 0 fully saturated rings. The summed E-state index contributed by atoms with van der Waals surface area (Å²) in [5, 5.41) is 0. The zero-order valence-corrected chi connectivity index (χ0v) is 10.2. The molecule has 0 spiro atoms. The molecule has 0 N–H and O–H groups in total. The molecule has 0 saturated carbocycles. The van der Waals surface area contributed by atoms with Crippen LogP contribution in [0.1, 0.15) is 13.3 Å². The zero-order chi connectivity index (χ0) is 11.5. The predicted octanol–water partition coefficient (Wildman–Crippen LogP) is 2.10. The summed E-state index contributed by atoms with van der Waals surface area (Å²) in [5.41, 5.74) is 0. The molecule has 1 atom stereocenters. The van der Waals surface area contributed by atoms with Gasteiger partial charge in [0.15, 0.2) is 0 Å². The number of methoxy groups -OCH3 is 1. The predicted molar refractivity (Wildman–Crippen MR) is 57.8 cm³/mol. The third kappa shape index (κ3) is 10.0. The van der Waals surface area contributed by atoms with Gasteiger partial charge in [-0.15, -0.1) is 0 Å². The van der Waals surface area contributed by atoms with Crippen LogP contribution in [0.25, 0.3) is 0 Å². The smallest absolute Gasteiger partial charge is 0.137 e. The molecule has 15 heavy (non-hydrogen) atoms. The average molecular weight is 238 g/mol. The minimum Gasteiger partial charge on any atom is -0.382 e. The lowest BCUT2D eigenvalue weighted by molar-refractivity contribution is -0.300. The highest BCUT2D eigenvalue weighted by molar-refractivity contribution is 7.93. The SMILES string of the molecule is C=C(CCOOSC)OOC(C)COC. The summed E-state index contributed by atoms with van der Waals surface area (Å²) in [6.07, 6.45) is 2.15. The lowest BCUT2D eigenvalue weighted by Crippen LogP contribution is -2.15. The summed E-state index contributed by atoms with van der Waals surface area (Å²) in [4.78, 5) is 14.6. The maximum atomic E-state index is 4.98. The molecule has 0 bridgehead atoms. The maximum Gasteiger partial charge on any atom is 0.137 e. The molecule has 0 aromatic heterocycles. The van der Waals surface area contributed by atoms with Crippen LogP contribution in [-0.4, -0.2) is 32.7 Å². The van der Waals surface area contributed by atoms with Gasteiger partial charge in [0, 0.05) is 31.8 Å². The summed E-state index contributed by atoms with van der Waals surface area (Å²) in [7, 11) is 1.60. The highest BCUT2D eigenvalue weighted by Crippen LogP contribution is 2.05. The van der Waals surface area contributed by atoms with E-state index in [4.69, 9.17) is 19.4 Å². The van der Waals surface area contributed by atoms with Gasteiger partial charge in [0.1, 0.15) is 11.9 Å². The second kappa shape index (κ2) is 10.3. The zero-order valence-electron chi connectivity index (χ0n) is 9.36. The van der Waals surface area contributed by atoms with Crippen LogP contribution in [-0.2, 0) is 23.7 Å². The molecule has 0 radical (unpaired) electrons. The molecule has 0 heterocycles. The van der Waals surface area contributed by atoms with Gasteiger partial charge in [0.25, 0.3) is 0 Å². The van der Waals surface area contributed by atoms with Crippen molar-refractivity contribution in [1.29, 1.82) is 0 Å². The largest absolute Gasteiger partial charge is 0.382 e. The molecule has 5 nitrogen and oxygen atoms in total. The molecule has 0 aromatic carbocycles.